The summed E-state index contributed by atoms with van der Waals surface area (Å²) in [5, 5.41) is 0.459. The van der Waals surface area contributed by atoms with Gasteiger partial charge in [0.25, 0.3) is 0 Å². The van der Waals surface area contributed by atoms with Gasteiger partial charge < -0.3 is 4.74 Å². The molecule has 5 nitrogen and oxygen atoms in total. The summed E-state index contributed by atoms with van der Waals surface area (Å²) in [5.41, 5.74) is 3.28. The molecule has 2 aromatic rings. The Kier molecular flexibility index (Phi) is 12.7. The zero-order chi connectivity index (χ0) is 31.0. The number of rotatable bonds is 13. The molecule has 0 saturated heterocycles. The van der Waals surface area contributed by atoms with Gasteiger partial charge in [0.05, 0.1) is 12.7 Å². The molecule has 0 bridgehead atoms. The number of aryl methyl sites for hydroxylation is 1. The summed E-state index contributed by atoms with van der Waals surface area (Å²) >= 11 is 6.25. The molecule has 234 valence electrons. The summed E-state index contributed by atoms with van der Waals surface area (Å²) in [6.45, 7) is 9.86. The van der Waals surface area contributed by atoms with Crippen LogP contribution >= 0.6 is 11.6 Å². The second kappa shape index (κ2) is 15.5. The monoisotopic (exact) mass is 614 g/mol. The van der Waals surface area contributed by atoms with E-state index in [1.165, 1.54) is 12.1 Å². The minimum Gasteiger partial charge on any atom is -0.465 e. The molecule has 42 heavy (non-hydrogen) atoms. The summed E-state index contributed by atoms with van der Waals surface area (Å²) < 4.78 is 63.3. The lowest BCUT2D eigenvalue weighted by molar-refractivity contribution is -0.345. The van der Waals surface area contributed by atoms with E-state index in [0.717, 1.165) is 16.7 Å². The van der Waals surface area contributed by atoms with Crippen molar-refractivity contribution < 1.29 is 31.8 Å². The van der Waals surface area contributed by atoms with E-state index in [1.54, 1.807) is 13.0 Å². The highest BCUT2D eigenvalue weighted by molar-refractivity contribution is 6.30. The van der Waals surface area contributed by atoms with Crippen LogP contribution in [0.5, 0.6) is 0 Å². The summed E-state index contributed by atoms with van der Waals surface area (Å²) in [6, 6.07) is 9.37. The molecule has 10 heteroatoms. The van der Waals surface area contributed by atoms with Crippen LogP contribution in [0.2, 0.25) is 5.02 Å². The third-order valence-corrected chi connectivity index (χ3v) is 8.55. The van der Waals surface area contributed by atoms with Crippen molar-refractivity contribution in [2.45, 2.75) is 90.3 Å². The Morgan fingerprint density at radius 3 is 2.31 bits per heavy atom. The molecule has 0 aromatic heterocycles. The van der Waals surface area contributed by atoms with Crippen molar-refractivity contribution in [3.05, 3.63) is 69.5 Å². The lowest BCUT2D eigenvalue weighted by Crippen LogP contribution is -2.37. The van der Waals surface area contributed by atoms with E-state index >= 15 is 4.39 Å². The van der Waals surface area contributed by atoms with E-state index in [0.29, 0.717) is 49.5 Å². The summed E-state index contributed by atoms with van der Waals surface area (Å²) in [7, 11) is 1.86. The quantitative estimate of drug-likeness (QED) is 0.168. The Hall–Kier alpha value is -2.20. The van der Waals surface area contributed by atoms with Crippen LogP contribution in [0.25, 0.3) is 0 Å². The van der Waals surface area contributed by atoms with Crippen molar-refractivity contribution in [3.63, 3.8) is 0 Å². The third kappa shape index (κ3) is 8.91. The normalized spacial score (nSPS) is 19.2. The number of hydrogen-bond donors (Lipinski definition) is 0. The van der Waals surface area contributed by atoms with Gasteiger partial charge in [-0.2, -0.15) is 0 Å². The van der Waals surface area contributed by atoms with Crippen LogP contribution in [-0.4, -0.2) is 61.5 Å². The Bertz CT molecular complexity index is 1170. The Morgan fingerprint density at radius 2 is 1.71 bits per heavy atom. The molecule has 0 N–H and O–H groups in total. The SMILES string of the molecule is CCOC(=O)C(c1cccc(C)c1C1CCC(OC(F)(F)F)CC1)N(C)CC[C@@H](c1cc(Cl)ccc1F)N(CC)CC. The molecule has 0 aliphatic heterocycles. The predicted molar refractivity (Wildman–Crippen MR) is 157 cm³/mol. The Balaban J connectivity index is 1.91. The average molecular weight is 615 g/mol. The maximum Gasteiger partial charge on any atom is 0.522 e. The van der Waals surface area contributed by atoms with Crippen molar-refractivity contribution in [1.82, 2.24) is 9.80 Å². The highest BCUT2D eigenvalue weighted by atomic mass is 35.5. The van der Waals surface area contributed by atoms with E-state index in [4.69, 9.17) is 16.3 Å². The summed E-state index contributed by atoms with van der Waals surface area (Å²) in [6.07, 6.45) is -3.36. The third-order valence-electron chi connectivity index (χ3n) is 8.31. The van der Waals surface area contributed by atoms with Gasteiger partial charge in [-0.3, -0.25) is 14.5 Å². The molecular formula is C32H43ClF4N2O3. The number of halogens is 5. The van der Waals surface area contributed by atoms with E-state index < -0.39 is 24.5 Å². The molecular weight excluding hydrogens is 572 g/mol. The highest BCUT2D eigenvalue weighted by Gasteiger charge is 2.37. The van der Waals surface area contributed by atoms with E-state index in [9.17, 15) is 18.0 Å². The van der Waals surface area contributed by atoms with Gasteiger partial charge in [-0.05, 0) is 107 Å². The number of nitrogens with zero attached hydrogens (tertiary/aromatic N) is 2. The molecule has 0 heterocycles. The van der Waals surface area contributed by atoms with Crippen molar-refractivity contribution >= 4 is 17.6 Å². The van der Waals surface area contributed by atoms with Crippen LogP contribution in [0.4, 0.5) is 17.6 Å². The lowest BCUT2D eigenvalue weighted by Gasteiger charge is -2.36. The fourth-order valence-electron chi connectivity index (χ4n) is 6.35. The van der Waals surface area contributed by atoms with Gasteiger partial charge in [-0.1, -0.05) is 43.6 Å². The number of likely N-dealkylation sites (N-methyl/N-ethyl adjacent to an activating group) is 1. The van der Waals surface area contributed by atoms with Crippen LogP contribution in [-0.2, 0) is 14.3 Å². The molecule has 2 aromatic carbocycles. The van der Waals surface area contributed by atoms with Crippen molar-refractivity contribution in [2.24, 2.45) is 0 Å². The first-order valence-electron chi connectivity index (χ1n) is 14.8. The smallest absolute Gasteiger partial charge is 0.465 e. The van der Waals surface area contributed by atoms with E-state index in [2.05, 4.69) is 9.64 Å². The van der Waals surface area contributed by atoms with Crippen LogP contribution in [0.15, 0.2) is 36.4 Å². The minimum atomic E-state index is -4.65. The lowest BCUT2D eigenvalue weighted by atomic mass is 9.77. The molecule has 0 amide bonds. The minimum absolute atomic E-state index is 0.0106. The first-order valence-corrected chi connectivity index (χ1v) is 15.2. The van der Waals surface area contributed by atoms with Gasteiger partial charge in [0.2, 0.25) is 0 Å². The largest absolute Gasteiger partial charge is 0.522 e. The molecule has 1 aliphatic rings. The fourth-order valence-corrected chi connectivity index (χ4v) is 6.53. The van der Waals surface area contributed by atoms with Crippen LogP contribution in [0.3, 0.4) is 0 Å². The zero-order valence-corrected chi connectivity index (χ0v) is 25.9. The summed E-state index contributed by atoms with van der Waals surface area (Å²) in [4.78, 5) is 17.6. The van der Waals surface area contributed by atoms with Crippen LogP contribution in [0.1, 0.15) is 93.1 Å². The second-order valence-electron chi connectivity index (χ2n) is 10.9. The number of ether oxygens (including phenoxy) is 2. The molecule has 1 fully saturated rings. The Morgan fingerprint density at radius 1 is 1.05 bits per heavy atom. The second-order valence-corrected chi connectivity index (χ2v) is 11.4. The number of hydrogen-bond acceptors (Lipinski definition) is 5. The Labute approximate surface area is 252 Å². The van der Waals surface area contributed by atoms with Crippen molar-refractivity contribution in [3.8, 4) is 0 Å². The average Bonchev–Trinajstić information content (AvgIpc) is 2.93. The van der Waals surface area contributed by atoms with Gasteiger partial charge in [0.15, 0.2) is 0 Å². The fraction of sp³-hybridized carbons (Fsp3) is 0.594. The van der Waals surface area contributed by atoms with Gasteiger partial charge in [-0.15, -0.1) is 13.2 Å². The maximum absolute atomic E-state index is 15.0. The highest BCUT2D eigenvalue weighted by Crippen LogP contribution is 2.41. The predicted octanol–water partition coefficient (Wildman–Crippen LogP) is 8.36. The maximum atomic E-state index is 15.0. The van der Waals surface area contributed by atoms with Crippen molar-refractivity contribution in [2.75, 3.05) is 33.3 Å². The van der Waals surface area contributed by atoms with E-state index in [-0.39, 0.29) is 37.2 Å². The van der Waals surface area contributed by atoms with Crippen LogP contribution in [0, 0.1) is 12.7 Å². The van der Waals surface area contributed by atoms with Gasteiger partial charge in [0.1, 0.15) is 11.9 Å². The number of benzene rings is 2. The topological polar surface area (TPSA) is 42.0 Å². The molecule has 1 aliphatic carbocycles. The number of esters is 1. The van der Waals surface area contributed by atoms with E-state index in [1.807, 2.05) is 50.9 Å². The number of alkyl halides is 3. The van der Waals surface area contributed by atoms with Crippen molar-refractivity contribution in [1.29, 1.82) is 0 Å². The molecule has 1 unspecified atom stereocenters. The molecule has 3 rings (SSSR count). The van der Waals surface area contributed by atoms with Gasteiger partial charge >= 0.3 is 12.3 Å². The number of carbonyl (C=O) groups is 1. The zero-order valence-electron chi connectivity index (χ0n) is 25.1. The first kappa shape index (κ1) is 34.3. The van der Waals surface area contributed by atoms with Crippen LogP contribution < -0.4 is 0 Å². The standard InChI is InChI=1S/C32H43ClF4N2O3/c1-6-39(7-2)28(26-20-23(33)14-17-27(26)34)18-19-38(5)30(31(40)41-8-3)25-11-9-10-21(4)29(25)22-12-15-24(16-13-22)42-32(35,36)37/h9-11,14,17,20,22,24,28,30H,6-8,12-13,15-16,18-19H2,1-5H3/t22?,24?,28-,30?/m0/s1. The van der Waals surface area contributed by atoms with Gasteiger partial charge in [0, 0.05) is 23.2 Å². The first-order chi connectivity index (χ1) is 19.9. The molecule has 1 saturated carbocycles. The van der Waals surface area contributed by atoms with Gasteiger partial charge in [-0.25, -0.2) is 9.18 Å². The number of carbonyl (C=O) groups excluding carboxylic acids is 1. The molecule has 0 spiro atoms. The molecule has 2 atom stereocenters. The summed E-state index contributed by atoms with van der Waals surface area (Å²) in [5.74, 6) is -0.732. The molecule has 0 radical (unpaired) electrons.